The van der Waals surface area contributed by atoms with Crippen LogP contribution in [0.5, 0.6) is 5.75 Å². The van der Waals surface area contributed by atoms with Gasteiger partial charge in [-0.2, -0.15) is 13.2 Å². The Bertz CT molecular complexity index is 542. The number of benzene rings is 1. The molecule has 0 spiro atoms. The lowest BCUT2D eigenvalue weighted by Crippen LogP contribution is -2.13. The molecule has 1 rings (SSSR count). The van der Waals surface area contributed by atoms with E-state index in [2.05, 4.69) is 0 Å². The second-order valence-electron chi connectivity index (χ2n) is 3.46. The van der Waals surface area contributed by atoms with Gasteiger partial charge in [0.15, 0.2) is 0 Å². The van der Waals surface area contributed by atoms with Crippen LogP contribution in [0.25, 0.3) is 0 Å². The number of rotatable bonds is 5. The van der Waals surface area contributed by atoms with Crippen LogP contribution in [-0.4, -0.2) is 21.7 Å². The molecule has 0 radical (unpaired) electrons. The third-order valence-electron chi connectivity index (χ3n) is 2.06. The molecule has 1 aromatic rings. The van der Waals surface area contributed by atoms with Crippen LogP contribution >= 0.6 is 10.7 Å². The van der Waals surface area contributed by atoms with Crippen LogP contribution < -0.4 is 4.74 Å². The molecule has 3 nitrogen and oxygen atoms in total. The third-order valence-corrected chi connectivity index (χ3v) is 3.44. The highest BCUT2D eigenvalue weighted by atomic mass is 35.7. The highest BCUT2D eigenvalue weighted by Crippen LogP contribution is 2.40. The maximum absolute atomic E-state index is 12.7. The molecule has 0 aliphatic carbocycles. The molecule has 0 aliphatic rings. The van der Waals surface area contributed by atoms with Gasteiger partial charge in [-0.25, -0.2) is 8.42 Å². The summed E-state index contributed by atoms with van der Waals surface area (Å²) in [6.45, 7) is -0.987. The van der Waals surface area contributed by atoms with Crippen molar-refractivity contribution in [1.29, 1.82) is 0 Å². The van der Waals surface area contributed by atoms with Crippen molar-refractivity contribution < 1.29 is 30.7 Å². The standard InChI is InChI=1S/C10H9ClF4O3S/c11-19(16,17)9-7(10(13,14)15)3-1-4-8(9)18-6-2-5-12/h1,3-4H,2,5-6H2. The Labute approximate surface area is 111 Å². The van der Waals surface area contributed by atoms with Gasteiger partial charge in [-0.05, 0) is 12.1 Å². The molecular weight excluding hydrogens is 312 g/mol. The fraction of sp³-hybridized carbons (Fsp3) is 0.400. The van der Waals surface area contributed by atoms with Gasteiger partial charge in [-0.3, -0.25) is 4.39 Å². The summed E-state index contributed by atoms with van der Waals surface area (Å²) < 4.78 is 77.4. The summed E-state index contributed by atoms with van der Waals surface area (Å²) in [4.78, 5) is -1.15. The van der Waals surface area contributed by atoms with E-state index < -0.39 is 38.1 Å². The minimum Gasteiger partial charge on any atom is -0.492 e. The van der Waals surface area contributed by atoms with E-state index in [1.165, 1.54) is 0 Å². The molecule has 0 heterocycles. The summed E-state index contributed by atoms with van der Waals surface area (Å²) in [5.74, 6) is -0.543. The smallest absolute Gasteiger partial charge is 0.417 e. The van der Waals surface area contributed by atoms with E-state index in [0.29, 0.717) is 6.07 Å². The van der Waals surface area contributed by atoms with Crippen LogP contribution in [0.3, 0.4) is 0 Å². The van der Waals surface area contributed by atoms with Crippen molar-refractivity contribution in [2.24, 2.45) is 0 Å². The predicted octanol–water partition coefficient (Wildman–Crippen LogP) is 3.37. The highest BCUT2D eigenvalue weighted by Gasteiger charge is 2.38. The maximum atomic E-state index is 12.7. The van der Waals surface area contributed by atoms with Gasteiger partial charge in [0.25, 0.3) is 9.05 Å². The normalized spacial score (nSPS) is 12.5. The SMILES string of the molecule is O=S(=O)(Cl)c1c(OCCCF)cccc1C(F)(F)F. The monoisotopic (exact) mass is 320 g/mol. The van der Waals surface area contributed by atoms with Crippen LogP contribution in [0, 0.1) is 0 Å². The molecule has 0 unspecified atom stereocenters. The number of ether oxygens (including phenoxy) is 1. The Morgan fingerprint density at radius 1 is 1.26 bits per heavy atom. The van der Waals surface area contributed by atoms with E-state index in [9.17, 15) is 26.0 Å². The molecule has 0 saturated carbocycles. The second-order valence-corrected chi connectivity index (χ2v) is 5.96. The van der Waals surface area contributed by atoms with Gasteiger partial charge in [-0.15, -0.1) is 0 Å². The fourth-order valence-electron chi connectivity index (χ4n) is 1.34. The first kappa shape index (κ1) is 16.0. The van der Waals surface area contributed by atoms with Crippen molar-refractivity contribution >= 4 is 19.7 Å². The van der Waals surface area contributed by atoms with Crippen LogP contribution in [0.2, 0.25) is 0 Å². The fourth-order valence-corrected chi connectivity index (χ4v) is 2.63. The van der Waals surface area contributed by atoms with E-state index in [4.69, 9.17) is 15.4 Å². The molecule has 0 aromatic heterocycles. The van der Waals surface area contributed by atoms with Crippen molar-refractivity contribution in [3.63, 3.8) is 0 Å². The molecule has 0 fully saturated rings. The van der Waals surface area contributed by atoms with Crippen LogP contribution in [0.15, 0.2) is 23.1 Å². The Balaban J connectivity index is 3.32. The summed E-state index contributed by atoms with van der Waals surface area (Å²) in [7, 11) is 0.355. The van der Waals surface area contributed by atoms with Gasteiger partial charge in [0.2, 0.25) is 0 Å². The molecule has 19 heavy (non-hydrogen) atoms. The molecule has 0 N–H and O–H groups in total. The summed E-state index contributed by atoms with van der Waals surface area (Å²) in [6.07, 6.45) is -4.96. The average molecular weight is 321 g/mol. The van der Waals surface area contributed by atoms with E-state index in [1.54, 1.807) is 0 Å². The first-order valence-electron chi connectivity index (χ1n) is 5.01. The summed E-state index contributed by atoms with van der Waals surface area (Å²) in [5.41, 5.74) is -1.42. The Morgan fingerprint density at radius 2 is 1.89 bits per heavy atom. The van der Waals surface area contributed by atoms with Crippen molar-refractivity contribution in [1.82, 2.24) is 0 Å². The van der Waals surface area contributed by atoms with E-state index in [1.807, 2.05) is 0 Å². The number of hydrogen-bond donors (Lipinski definition) is 0. The van der Waals surface area contributed by atoms with Crippen LogP contribution in [-0.2, 0) is 15.2 Å². The minimum atomic E-state index is -4.89. The minimum absolute atomic E-state index is 0.0714. The Kier molecular flexibility index (Phi) is 5.03. The Morgan fingerprint density at radius 3 is 2.37 bits per heavy atom. The van der Waals surface area contributed by atoms with Gasteiger partial charge in [0.05, 0.1) is 18.8 Å². The maximum Gasteiger partial charge on any atom is 0.417 e. The van der Waals surface area contributed by atoms with E-state index in [0.717, 1.165) is 12.1 Å². The molecule has 0 bridgehead atoms. The van der Waals surface area contributed by atoms with Gasteiger partial charge in [0.1, 0.15) is 10.6 Å². The van der Waals surface area contributed by atoms with Crippen molar-refractivity contribution in [2.75, 3.05) is 13.3 Å². The lowest BCUT2D eigenvalue weighted by Gasteiger charge is -2.14. The number of halogens is 5. The summed E-state index contributed by atoms with van der Waals surface area (Å²) in [5, 5.41) is 0. The first-order chi connectivity index (χ1) is 8.68. The second kappa shape index (κ2) is 5.96. The van der Waals surface area contributed by atoms with Crippen molar-refractivity contribution in [3.8, 4) is 5.75 Å². The lowest BCUT2D eigenvalue weighted by atomic mass is 10.2. The molecule has 1 aromatic carbocycles. The molecule has 108 valence electrons. The third kappa shape index (κ3) is 4.24. The topological polar surface area (TPSA) is 43.4 Å². The molecule has 9 heteroatoms. The van der Waals surface area contributed by atoms with Crippen LogP contribution in [0.1, 0.15) is 12.0 Å². The van der Waals surface area contributed by atoms with Gasteiger partial charge in [0, 0.05) is 17.1 Å². The van der Waals surface area contributed by atoms with Crippen molar-refractivity contribution in [2.45, 2.75) is 17.5 Å². The quantitative estimate of drug-likeness (QED) is 0.474. The largest absolute Gasteiger partial charge is 0.492 e. The zero-order chi connectivity index (χ0) is 14.7. The molecule has 0 amide bonds. The van der Waals surface area contributed by atoms with Gasteiger partial charge >= 0.3 is 6.18 Å². The molecule has 0 saturated heterocycles. The van der Waals surface area contributed by atoms with Gasteiger partial charge < -0.3 is 4.74 Å². The van der Waals surface area contributed by atoms with Crippen LogP contribution in [0.4, 0.5) is 17.6 Å². The molecule has 0 aliphatic heterocycles. The lowest BCUT2D eigenvalue weighted by molar-refractivity contribution is -0.140. The van der Waals surface area contributed by atoms with Crippen molar-refractivity contribution in [3.05, 3.63) is 23.8 Å². The summed E-state index contributed by atoms with van der Waals surface area (Å²) >= 11 is 0. The Hall–Kier alpha value is -1.02. The highest BCUT2D eigenvalue weighted by molar-refractivity contribution is 8.13. The zero-order valence-electron chi connectivity index (χ0n) is 9.38. The van der Waals surface area contributed by atoms with Gasteiger partial charge in [-0.1, -0.05) is 6.07 Å². The summed E-state index contributed by atoms with van der Waals surface area (Å²) in [6, 6.07) is 2.60. The number of alkyl halides is 4. The molecule has 0 atom stereocenters. The first-order valence-corrected chi connectivity index (χ1v) is 7.32. The molecular formula is C10H9ClF4O3S. The zero-order valence-corrected chi connectivity index (χ0v) is 10.9. The van der Waals surface area contributed by atoms with E-state index in [-0.39, 0.29) is 13.0 Å². The average Bonchev–Trinajstić information content (AvgIpc) is 2.26. The predicted molar refractivity (Wildman–Crippen MR) is 60.6 cm³/mol. The van der Waals surface area contributed by atoms with E-state index >= 15 is 0 Å². The number of hydrogen-bond acceptors (Lipinski definition) is 3.